The molecule has 0 saturated heterocycles. The Labute approximate surface area is 160 Å². The van der Waals surface area contributed by atoms with Gasteiger partial charge in [-0.25, -0.2) is 0 Å². The molecule has 5 atom stereocenters. The van der Waals surface area contributed by atoms with Crippen molar-refractivity contribution >= 4 is 0 Å². The van der Waals surface area contributed by atoms with Crippen LogP contribution < -0.4 is 0 Å². The van der Waals surface area contributed by atoms with Crippen LogP contribution in [0.5, 0.6) is 0 Å². The Hall–Kier alpha value is -0.260. The van der Waals surface area contributed by atoms with E-state index >= 15 is 0 Å². The van der Waals surface area contributed by atoms with E-state index < -0.39 is 0 Å². The number of allylic oxidation sites excluding steroid dienone is 2. The SMILES string of the molecule is CCCC(C(CC)CC)C(CC)C(CC)C(C(C)=C1CC1)C(C)CC. The Morgan fingerprint density at radius 2 is 1.32 bits per heavy atom. The lowest BCUT2D eigenvalue weighted by Gasteiger charge is -2.43. The average Bonchev–Trinajstić information content (AvgIpc) is 3.46. The van der Waals surface area contributed by atoms with Gasteiger partial charge in [0.2, 0.25) is 0 Å². The largest absolute Gasteiger partial charge is 0.0704 e. The van der Waals surface area contributed by atoms with Crippen molar-refractivity contribution in [2.24, 2.45) is 35.5 Å². The summed E-state index contributed by atoms with van der Waals surface area (Å²) in [6.07, 6.45) is 12.3. The molecule has 1 fully saturated rings. The zero-order chi connectivity index (χ0) is 19.0. The predicted molar refractivity (Wildman–Crippen MR) is 115 cm³/mol. The summed E-state index contributed by atoms with van der Waals surface area (Å²) in [6, 6.07) is 0. The minimum atomic E-state index is 0.825. The highest BCUT2D eigenvalue weighted by Gasteiger charge is 2.38. The fourth-order valence-electron chi connectivity index (χ4n) is 5.89. The molecule has 0 radical (unpaired) electrons. The standard InChI is InChI=1S/C25H48/c1-9-15-24(20(11-3)12-4)22(13-5)23(14-6)25(18(7)10-2)19(8)21-16-17-21/h18,20,22-25H,9-17H2,1-8H3. The lowest BCUT2D eigenvalue weighted by atomic mass is 9.62. The third-order valence-corrected chi connectivity index (χ3v) is 7.59. The van der Waals surface area contributed by atoms with Crippen molar-refractivity contribution in [2.75, 3.05) is 0 Å². The van der Waals surface area contributed by atoms with E-state index in [0.29, 0.717) is 0 Å². The molecule has 1 rings (SSSR count). The zero-order valence-electron chi connectivity index (χ0n) is 18.8. The van der Waals surface area contributed by atoms with Crippen molar-refractivity contribution in [3.8, 4) is 0 Å². The minimum absolute atomic E-state index is 0.825. The topological polar surface area (TPSA) is 0 Å². The Kier molecular flexibility index (Phi) is 10.4. The van der Waals surface area contributed by atoms with Gasteiger partial charge in [0.25, 0.3) is 0 Å². The van der Waals surface area contributed by atoms with Gasteiger partial charge in [-0.3, -0.25) is 0 Å². The molecular formula is C25H48. The minimum Gasteiger partial charge on any atom is -0.0704 e. The summed E-state index contributed by atoms with van der Waals surface area (Å²) < 4.78 is 0. The van der Waals surface area contributed by atoms with E-state index in [9.17, 15) is 0 Å². The summed E-state index contributed by atoms with van der Waals surface area (Å²) in [5, 5.41) is 0. The van der Waals surface area contributed by atoms with E-state index in [1.54, 1.807) is 11.1 Å². The van der Waals surface area contributed by atoms with Crippen LogP contribution in [0.2, 0.25) is 0 Å². The average molecular weight is 349 g/mol. The van der Waals surface area contributed by atoms with Gasteiger partial charge >= 0.3 is 0 Å². The first kappa shape index (κ1) is 22.8. The third kappa shape index (κ3) is 5.86. The molecule has 1 aliphatic rings. The molecule has 0 aliphatic heterocycles. The molecule has 0 aromatic carbocycles. The van der Waals surface area contributed by atoms with Crippen LogP contribution in [0.4, 0.5) is 0 Å². The second-order valence-electron chi connectivity index (χ2n) is 8.87. The van der Waals surface area contributed by atoms with Crippen molar-refractivity contribution in [2.45, 2.75) is 113 Å². The van der Waals surface area contributed by atoms with Crippen LogP contribution in [0.25, 0.3) is 0 Å². The second kappa shape index (κ2) is 11.5. The first-order valence-corrected chi connectivity index (χ1v) is 11.7. The molecule has 0 spiro atoms. The Morgan fingerprint density at radius 1 is 0.760 bits per heavy atom. The van der Waals surface area contributed by atoms with Gasteiger partial charge in [0.15, 0.2) is 0 Å². The van der Waals surface area contributed by atoms with E-state index in [1.807, 2.05) is 0 Å². The van der Waals surface area contributed by atoms with Crippen molar-refractivity contribution < 1.29 is 0 Å². The number of hydrogen-bond acceptors (Lipinski definition) is 0. The maximum absolute atomic E-state index is 2.53. The van der Waals surface area contributed by atoms with Crippen LogP contribution in [0.3, 0.4) is 0 Å². The van der Waals surface area contributed by atoms with Crippen molar-refractivity contribution in [1.29, 1.82) is 0 Å². The van der Waals surface area contributed by atoms with Crippen LogP contribution in [0, 0.1) is 35.5 Å². The first-order valence-electron chi connectivity index (χ1n) is 11.7. The molecule has 0 nitrogen and oxygen atoms in total. The maximum atomic E-state index is 2.53. The summed E-state index contributed by atoms with van der Waals surface area (Å²) in [7, 11) is 0. The molecule has 0 heteroatoms. The fourth-order valence-corrected chi connectivity index (χ4v) is 5.89. The molecule has 0 N–H and O–H groups in total. The Balaban J connectivity index is 3.20. The molecule has 0 aromatic rings. The van der Waals surface area contributed by atoms with Crippen molar-refractivity contribution in [1.82, 2.24) is 0 Å². The van der Waals surface area contributed by atoms with Crippen LogP contribution in [-0.2, 0) is 0 Å². The predicted octanol–water partition coefficient (Wildman–Crippen LogP) is 8.66. The molecule has 5 unspecified atom stereocenters. The van der Waals surface area contributed by atoms with Gasteiger partial charge in [-0.1, -0.05) is 105 Å². The van der Waals surface area contributed by atoms with E-state index in [0.717, 1.165) is 35.5 Å². The van der Waals surface area contributed by atoms with Gasteiger partial charge < -0.3 is 0 Å². The normalized spacial score (nSPS) is 20.3. The van der Waals surface area contributed by atoms with Crippen molar-refractivity contribution in [3.63, 3.8) is 0 Å². The molecule has 1 saturated carbocycles. The van der Waals surface area contributed by atoms with Gasteiger partial charge in [-0.05, 0) is 55.3 Å². The van der Waals surface area contributed by atoms with Gasteiger partial charge in [0, 0.05) is 0 Å². The lowest BCUT2D eigenvalue weighted by Crippen LogP contribution is -2.35. The highest BCUT2D eigenvalue weighted by molar-refractivity contribution is 5.26. The smallest absolute Gasteiger partial charge is 0.0147 e. The molecule has 25 heavy (non-hydrogen) atoms. The molecule has 0 heterocycles. The van der Waals surface area contributed by atoms with Gasteiger partial charge in [-0.2, -0.15) is 0 Å². The van der Waals surface area contributed by atoms with Gasteiger partial charge in [0.1, 0.15) is 0 Å². The summed E-state index contributed by atoms with van der Waals surface area (Å²) in [5.74, 6) is 5.29. The van der Waals surface area contributed by atoms with E-state index in [2.05, 4.69) is 55.4 Å². The molecule has 1 aliphatic carbocycles. The molecule has 0 amide bonds. The summed E-state index contributed by atoms with van der Waals surface area (Å²) in [4.78, 5) is 0. The third-order valence-electron chi connectivity index (χ3n) is 7.59. The summed E-state index contributed by atoms with van der Waals surface area (Å²) in [5.41, 5.74) is 3.59. The van der Waals surface area contributed by atoms with E-state index in [4.69, 9.17) is 0 Å². The quantitative estimate of drug-likeness (QED) is 0.292. The van der Waals surface area contributed by atoms with Gasteiger partial charge in [0.05, 0.1) is 0 Å². The van der Waals surface area contributed by atoms with Crippen LogP contribution >= 0.6 is 0 Å². The molecule has 0 bridgehead atoms. The van der Waals surface area contributed by atoms with Gasteiger partial charge in [-0.15, -0.1) is 0 Å². The van der Waals surface area contributed by atoms with Crippen LogP contribution in [-0.4, -0.2) is 0 Å². The van der Waals surface area contributed by atoms with Crippen molar-refractivity contribution in [3.05, 3.63) is 11.1 Å². The monoisotopic (exact) mass is 348 g/mol. The van der Waals surface area contributed by atoms with E-state index in [-0.39, 0.29) is 0 Å². The lowest BCUT2D eigenvalue weighted by molar-refractivity contribution is 0.0868. The molecular weight excluding hydrogens is 300 g/mol. The molecule has 148 valence electrons. The molecule has 0 aromatic heterocycles. The first-order chi connectivity index (χ1) is 12.0. The Bertz CT molecular complexity index is 381. The maximum Gasteiger partial charge on any atom is -0.0147 e. The fraction of sp³-hybridized carbons (Fsp3) is 0.920. The summed E-state index contributed by atoms with van der Waals surface area (Å²) >= 11 is 0. The summed E-state index contributed by atoms with van der Waals surface area (Å²) in [6.45, 7) is 19.6. The van der Waals surface area contributed by atoms with Crippen LogP contribution in [0.15, 0.2) is 11.1 Å². The van der Waals surface area contributed by atoms with Crippen LogP contribution in [0.1, 0.15) is 113 Å². The Morgan fingerprint density at radius 3 is 1.68 bits per heavy atom. The van der Waals surface area contributed by atoms with E-state index in [1.165, 1.54) is 57.8 Å². The second-order valence-corrected chi connectivity index (χ2v) is 8.87. The highest BCUT2D eigenvalue weighted by atomic mass is 14.4. The zero-order valence-corrected chi connectivity index (χ0v) is 18.8. The number of rotatable bonds is 13. The number of hydrogen-bond donors (Lipinski definition) is 0. The highest BCUT2D eigenvalue weighted by Crippen LogP contribution is 2.48.